The molecule has 2 N–H and O–H groups in total. The molecule has 0 amide bonds. The molecule has 0 radical (unpaired) electrons. The van der Waals surface area contributed by atoms with E-state index in [2.05, 4.69) is 0 Å². The maximum absolute atomic E-state index is 13.2. The smallest absolute Gasteiger partial charge is 0.342 e. The van der Waals surface area contributed by atoms with Crippen LogP contribution in [0.15, 0.2) is 102 Å². The number of esters is 2. The largest absolute Gasteiger partial charge is 0.504 e. The second-order valence-corrected chi connectivity index (χ2v) is 9.48. The number of hydrogen-bond acceptors (Lipinski definition) is 9. The summed E-state index contributed by atoms with van der Waals surface area (Å²) < 4.78 is 26.7. The van der Waals surface area contributed by atoms with Gasteiger partial charge in [0.1, 0.15) is 36.9 Å². The van der Waals surface area contributed by atoms with E-state index in [-0.39, 0.29) is 41.6 Å². The third kappa shape index (κ3) is 6.46. The SMILES string of the molecule is COc1cc(-c2ccc(-c3ccc(O)c(OC)c3)c(COC(=O)c3cocc3C(=O)OCc3ccccc3)c2)ccc1O. The van der Waals surface area contributed by atoms with Gasteiger partial charge in [-0.25, -0.2) is 9.59 Å². The highest BCUT2D eigenvalue weighted by atomic mass is 16.5. The number of hydrogen-bond donors (Lipinski definition) is 2. The first-order chi connectivity index (χ1) is 20.9. The summed E-state index contributed by atoms with van der Waals surface area (Å²) in [7, 11) is 2.92. The van der Waals surface area contributed by atoms with Crippen LogP contribution in [-0.2, 0) is 22.7 Å². The van der Waals surface area contributed by atoms with Crippen molar-refractivity contribution in [1.29, 1.82) is 0 Å². The number of benzene rings is 4. The third-order valence-corrected chi connectivity index (χ3v) is 6.78. The molecule has 5 rings (SSSR count). The van der Waals surface area contributed by atoms with E-state index < -0.39 is 11.9 Å². The highest BCUT2D eigenvalue weighted by molar-refractivity contribution is 6.02. The van der Waals surface area contributed by atoms with E-state index in [0.717, 1.165) is 34.8 Å². The average molecular weight is 581 g/mol. The van der Waals surface area contributed by atoms with Gasteiger partial charge in [-0.05, 0) is 63.7 Å². The Morgan fingerprint density at radius 1 is 0.651 bits per heavy atom. The van der Waals surface area contributed by atoms with Crippen LogP contribution >= 0.6 is 0 Å². The van der Waals surface area contributed by atoms with Crippen LogP contribution in [0.25, 0.3) is 22.3 Å². The van der Waals surface area contributed by atoms with E-state index in [9.17, 15) is 19.8 Å². The van der Waals surface area contributed by atoms with Crippen LogP contribution in [0.1, 0.15) is 31.8 Å². The second-order valence-electron chi connectivity index (χ2n) is 9.48. The van der Waals surface area contributed by atoms with E-state index >= 15 is 0 Å². The predicted molar refractivity (Wildman–Crippen MR) is 157 cm³/mol. The third-order valence-electron chi connectivity index (χ3n) is 6.78. The maximum Gasteiger partial charge on any atom is 0.342 e. The summed E-state index contributed by atoms with van der Waals surface area (Å²) >= 11 is 0. The van der Waals surface area contributed by atoms with Crippen LogP contribution in [0.2, 0.25) is 0 Å². The molecule has 218 valence electrons. The molecule has 0 aliphatic carbocycles. The lowest BCUT2D eigenvalue weighted by atomic mass is 9.95. The number of carbonyl (C=O) groups excluding carboxylic acids is 2. The van der Waals surface area contributed by atoms with Gasteiger partial charge in [0.25, 0.3) is 0 Å². The molecule has 0 aliphatic rings. The average Bonchev–Trinajstić information content (AvgIpc) is 3.54. The minimum atomic E-state index is -0.772. The Hall–Kier alpha value is -5.70. The van der Waals surface area contributed by atoms with Crippen LogP contribution in [0.5, 0.6) is 23.0 Å². The maximum atomic E-state index is 13.2. The summed E-state index contributed by atoms with van der Waals surface area (Å²) in [6, 6.07) is 24.6. The summed E-state index contributed by atoms with van der Waals surface area (Å²) in [4.78, 5) is 25.9. The minimum absolute atomic E-state index is 0.00595. The molecule has 1 aromatic heterocycles. The fourth-order valence-electron chi connectivity index (χ4n) is 4.51. The van der Waals surface area contributed by atoms with Crippen LogP contribution in [0, 0.1) is 0 Å². The molecular formula is C34H28O9. The number of carbonyl (C=O) groups is 2. The van der Waals surface area contributed by atoms with Crippen molar-refractivity contribution in [3.63, 3.8) is 0 Å². The van der Waals surface area contributed by atoms with Gasteiger partial charge in [0.05, 0.1) is 14.2 Å². The molecule has 9 nitrogen and oxygen atoms in total. The van der Waals surface area contributed by atoms with Gasteiger partial charge in [0.2, 0.25) is 0 Å². The minimum Gasteiger partial charge on any atom is -0.504 e. The van der Waals surface area contributed by atoms with E-state index in [1.807, 2.05) is 48.5 Å². The Labute approximate surface area is 247 Å². The zero-order valence-electron chi connectivity index (χ0n) is 23.4. The molecule has 0 unspecified atom stereocenters. The lowest BCUT2D eigenvalue weighted by Gasteiger charge is -2.15. The molecule has 5 aromatic rings. The topological polar surface area (TPSA) is 125 Å². The van der Waals surface area contributed by atoms with E-state index in [1.54, 1.807) is 24.3 Å². The fourth-order valence-corrected chi connectivity index (χ4v) is 4.51. The van der Waals surface area contributed by atoms with Gasteiger partial charge >= 0.3 is 11.9 Å². The van der Waals surface area contributed by atoms with Crippen LogP contribution in [0.4, 0.5) is 0 Å². The van der Waals surface area contributed by atoms with Crippen molar-refractivity contribution in [2.75, 3.05) is 14.2 Å². The zero-order chi connectivity index (χ0) is 30.3. The molecule has 4 aromatic carbocycles. The van der Waals surface area contributed by atoms with Crippen molar-refractivity contribution >= 4 is 11.9 Å². The number of phenols is 2. The molecule has 9 heteroatoms. The Balaban J connectivity index is 1.42. The molecule has 0 aliphatic heterocycles. The molecule has 0 fully saturated rings. The standard InChI is InChI=1S/C34H28O9/c1-39-31-15-23(9-12-29(31)35)22-8-11-26(24-10-13-30(36)32(16-24)40-2)25(14-22)18-43-34(38)28-20-41-19-27(28)33(37)42-17-21-6-4-3-5-7-21/h3-16,19-20,35-36H,17-18H2,1-2H3. The van der Waals surface area contributed by atoms with Gasteiger partial charge < -0.3 is 33.6 Å². The summed E-state index contributed by atoms with van der Waals surface area (Å²) in [6.45, 7) is -0.127. The van der Waals surface area contributed by atoms with Crippen molar-refractivity contribution in [3.05, 3.63) is 120 Å². The highest BCUT2D eigenvalue weighted by Crippen LogP contribution is 2.37. The number of methoxy groups -OCH3 is 2. The normalized spacial score (nSPS) is 10.7. The first-order valence-electron chi connectivity index (χ1n) is 13.2. The number of ether oxygens (including phenoxy) is 4. The van der Waals surface area contributed by atoms with Gasteiger partial charge in [-0.15, -0.1) is 0 Å². The molecule has 0 spiro atoms. The molecule has 0 bridgehead atoms. The van der Waals surface area contributed by atoms with Gasteiger partial charge in [-0.3, -0.25) is 0 Å². The Kier molecular flexibility index (Phi) is 8.62. The van der Waals surface area contributed by atoms with Crippen molar-refractivity contribution in [1.82, 2.24) is 0 Å². The number of furan rings is 1. The lowest BCUT2D eigenvalue weighted by molar-refractivity contribution is 0.0427. The summed E-state index contributed by atoms with van der Waals surface area (Å²) in [5, 5.41) is 20.1. The first-order valence-corrected chi connectivity index (χ1v) is 13.2. The molecule has 0 saturated heterocycles. The first kappa shape index (κ1) is 28.8. The van der Waals surface area contributed by atoms with Gasteiger partial charge in [0.15, 0.2) is 23.0 Å². The summed E-state index contributed by atoms with van der Waals surface area (Å²) in [5.74, 6) is -0.907. The number of phenolic OH excluding ortho intramolecular Hbond substituents is 2. The van der Waals surface area contributed by atoms with E-state index in [4.69, 9.17) is 23.4 Å². The number of rotatable bonds is 10. The van der Waals surface area contributed by atoms with Crippen molar-refractivity contribution in [2.45, 2.75) is 13.2 Å². The van der Waals surface area contributed by atoms with Gasteiger partial charge in [-0.2, -0.15) is 0 Å². The quantitative estimate of drug-likeness (QED) is 0.172. The fraction of sp³-hybridized carbons (Fsp3) is 0.118. The molecule has 0 saturated carbocycles. The molecule has 43 heavy (non-hydrogen) atoms. The van der Waals surface area contributed by atoms with Crippen molar-refractivity contribution in [3.8, 4) is 45.3 Å². The Morgan fingerprint density at radius 3 is 1.81 bits per heavy atom. The van der Waals surface area contributed by atoms with Crippen molar-refractivity contribution in [2.24, 2.45) is 0 Å². The van der Waals surface area contributed by atoms with E-state index in [1.165, 1.54) is 26.4 Å². The van der Waals surface area contributed by atoms with Crippen LogP contribution in [-0.4, -0.2) is 36.4 Å². The molecular weight excluding hydrogens is 552 g/mol. The Morgan fingerprint density at radius 2 is 1.19 bits per heavy atom. The monoisotopic (exact) mass is 580 g/mol. The number of aromatic hydroxyl groups is 2. The highest BCUT2D eigenvalue weighted by Gasteiger charge is 2.23. The summed E-state index contributed by atoms with van der Waals surface area (Å²) in [6.07, 6.45) is 2.29. The second kappa shape index (κ2) is 12.9. The van der Waals surface area contributed by atoms with Crippen molar-refractivity contribution < 1.29 is 43.2 Å². The van der Waals surface area contributed by atoms with Gasteiger partial charge in [-0.1, -0.05) is 54.6 Å². The molecule has 1 heterocycles. The zero-order valence-corrected chi connectivity index (χ0v) is 23.4. The molecule has 0 atom stereocenters. The van der Waals surface area contributed by atoms with E-state index in [0.29, 0.717) is 16.9 Å². The summed E-state index contributed by atoms with van der Waals surface area (Å²) in [5.41, 5.74) is 4.28. The predicted octanol–water partition coefficient (Wildman–Crippen LogP) is 6.76. The Bertz CT molecular complexity index is 1760. The van der Waals surface area contributed by atoms with Crippen LogP contribution in [0.3, 0.4) is 0 Å². The van der Waals surface area contributed by atoms with Gasteiger partial charge in [0, 0.05) is 0 Å². The van der Waals surface area contributed by atoms with Crippen LogP contribution < -0.4 is 9.47 Å². The lowest BCUT2D eigenvalue weighted by Crippen LogP contribution is -2.12.